The molecule has 21 heavy (non-hydrogen) atoms. The van der Waals surface area contributed by atoms with Crippen molar-refractivity contribution in [1.82, 2.24) is 9.97 Å². The summed E-state index contributed by atoms with van der Waals surface area (Å²) >= 11 is 1.71. The number of hydrogen-bond acceptors (Lipinski definition) is 6. The van der Waals surface area contributed by atoms with E-state index < -0.39 is 0 Å². The molecule has 6 heteroatoms. The van der Waals surface area contributed by atoms with Crippen LogP contribution in [-0.4, -0.2) is 35.8 Å². The number of fused-ring (bicyclic) bond motifs is 1. The van der Waals surface area contributed by atoms with Crippen molar-refractivity contribution in [2.24, 2.45) is 0 Å². The zero-order chi connectivity index (χ0) is 14.7. The van der Waals surface area contributed by atoms with Crippen molar-refractivity contribution in [2.75, 3.05) is 25.1 Å². The molecule has 3 heterocycles. The van der Waals surface area contributed by atoms with Gasteiger partial charge in [0.15, 0.2) is 0 Å². The Morgan fingerprint density at radius 2 is 2.33 bits per heavy atom. The van der Waals surface area contributed by atoms with Crippen LogP contribution in [0.1, 0.15) is 31.6 Å². The van der Waals surface area contributed by atoms with Crippen molar-refractivity contribution in [3.63, 3.8) is 0 Å². The van der Waals surface area contributed by atoms with E-state index in [1.807, 2.05) is 0 Å². The first kappa shape index (κ1) is 14.5. The molecule has 1 unspecified atom stereocenters. The number of aryl methyl sites for hydroxylation is 1. The molecule has 1 saturated heterocycles. The van der Waals surface area contributed by atoms with E-state index >= 15 is 0 Å². The second-order valence-corrected chi connectivity index (χ2v) is 6.28. The normalized spacial score (nSPS) is 18.3. The van der Waals surface area contributed by atoms with Crippen LogP contribution in [-0.2, 0) is 11.2 Å². The first-order chi connectivity index (χ1) is 10.3. The average Bonchev–Trinajstić information content (AvgIpc) is 3.13. The van der Waals surface area contributed by atoms with Gasteiger partial charge in [-0.15, -0.1) is 11.3 Å². The Bertz CT molecular complexity index is 608. The Morgan fingerprint density at radius 1 is 1.43 bits per heavy atom. The molecule has 1 fully saturated rings. The number of nitrogens with one attached hydrogen (secondary N) is 1. The Kier molecular flexibility index (Phi) is 4.55. The summed E-state index contributed by atoms with van der Waals surface area (Å²) in [4.78, 5) is 11.5. The fourth-order valence-electron chi connectivity index (χ4n) is 2.29. The number of nitrogens with zero attached hydrogens (tertiary/aromatic N) is 2. The van der Waals surface area contributed by atoms with Crippen molar-refractivity contribution in [1.29, 1.82) is 0 Å². The van der Waals surface area contributed by atoms with Crippen LogP contribution in [0.2, 0.25) is 0 Å². The van der Waals surface area contributed by atoms with Gasteiger partial charge < -0.3 is 14.8 Å². The van der Waals surface area contributed by atoms with Gasteiger partial charge in [-0.05, 0) is 18.9 Å². The minimum absolute atomic E-state index is 0.104. The average molecular weight is 307 g/mol. The highest BCUT2D eigenvalue weighted by Crippen LogP contribution is 2.32. The molecule has 2 aromatic rings. The standard InChI is InChI=1S/C15H21N3O2S/c1-3-6-16-15-17-13(20-10-5-7-19-9-10)12-8-11(4-2)21-14(12)18-15/h8,10H,3-7,9H2,1-2H3,(H,16,17,18). The van der Waals surface area contributed by atoms with Crippen LogP contribution < -0.4 is 10.1 Å². The largest absolute Gasteiger partial charge is 0.471 e. The first-order valence-electron chi connectivity index (χ1n) is 7.59. The number of rotatable bonds is 6. The summed E-state index contributed by atoms with van der Waals surface area (Å²) < 4.78 is 11.4. The van der Waals surface area contributed by atoms with Gasteiger partial charge in [0.2, 0.25) is 11.8 Å². The second kappa shape index (κ2) is 6.58. The summed E-state index contributed by atoms with van der Waals surface area (Å²) in [7, 11) is 0. The molecule has 1 N–H and O–H groups in total. The van der Waals surface area contributed by atoms with Gasteiger partial charge in [-0.1, -0.05) is 13.8 Å². The molecule has 0 amide bonds. The number of anilines is 1. The zero-order valence-electron chi connectivity index (χ0n) is 12.5. The summed E-state index contributed by atoms with van der Waals surface area (Å²) in [6.07, 6.45) is 3.07. The molecule has 1 atom stereocenters. The maximum absolute atomic E-state index is 6.06. The van der Waals surface area contributed by atoms with Crippen LogP contribution >= 0.6 is 11.3 Å². The predicted octanol–water partition coefficient (Wildman–Crippen LogP) is 3.24. The first-order valence-corrected chi connectivity index (χ1v) is 8.40. The Labute approximate surface area is 128 Å². The maximum Gasteiger partial charge on any atom is 0.227 e. The van der Waals surface area contributed by atoms with E-state index in [2.05, 4.69) is 35.2 Å². The lowest BCUT2D eigenvalue weighted by Gasteiger charge is -2.13. The van der Waals surface area contributed by atoms with Gasteiger partial charge in [0.25, 0.3) is 0 Å². The van der Waals surface area contributed by atoms with E-state index in [4.69, 9.17) is 9.47 Å². The highest BCUT2D eigenvalue weighted by molar-refractivity contribution is 7.18. The Morgan fingerprint density at radius 3 is 3.05 bits per heavy atom. The van der Waals surface area contributed by atoms with E-state index in [9.17, 15) is 0 Å². The molecular weight excluding hydrogens is 286 g/mol. The summed E-state index contributed by atoms with van der Waals surface area (Å²) in [5.74, 6) is 1.34. The highest BCUT2D eigenvalue weighted by Gasteiger charge is 2.20. The van der Waals surface area contributed by atoms with Crippen LogP contribution in [0.15, 0.2) is 6.07 Å². The molecule has 0 bridgehead atoms. The van der Waals surface area contributed by atoms with Gasteiger partial charge in [-0.2, -0.15) is 4.98 Å². The Hall–Kier alpha value is -1.40. The second-order valence-electron chi connectivity index (χ2n) is 5.17. The monoisotopic (exact) mass is 307 g/mol. The van der Waals surface area contributed by atoms with Crippen LogP contribution in [0.3, 0.4) is 0 Å². The smallest absolute Gasteiger partial charge is 0.227 e. The van der Waals surface area contributed by atoms with E-state index in [0.717, 1.165) is 42.6 Å². The third kappa shape index (κ3) is 3.27. The van der Waals surface area contributed by atoms with Crippen molar-refractivity contribution in [3.05, 3.63) is 10.9 Å². The van der Waals surface area contributed by atoms with Crippen LogP contribution in [0, 0.1) is 0 Å². The lowest BCUT2D eigenvalue weighted by molar-refractivity contribution is 0.139. The van der Waals surface area contributed by atoms with E-state index in [1.165, 1.54) is 4.88 Å². The third-order valence-corrected chi connectivity index (χ3v) is 4.63. The summed E-state index contributed by atoms with van der Waals surface area (Å²) in [5.41, 5.74) is 0. The van der Waals surface area contributed by atoms with Crippen molar-refractivity contribution in [2.45, 2.75) is 39.2 Å². The molecule has 1 aliphatic rings. The van der Waals surface area contributed by atoms with Gasteiger partial charge in [0.1, 0.15) is 10.9 Å². The topological polar surface area (TPSA) is 56.3 Å². The predicted molar refractivity (Wildman–Crippen MR) is 85.4 cm³/mol. The third-order valence-electron chi connectivity index (χ3n) is 3.46. The summed E-state index contributed by atoms with van der Waals surface area (Å²) in [6.45, 7) is 6.56. The maximum atomic E-state index is 6.06. The van der Waals surface area contributed by atoms with Gasteiger partial charge in [-0.25, -0.2) is 4.98 Å². The fraction of sp³-hybridized carbons (Fsp3) is 0.600. The van der Waals surface area contributed by atoms with Gasteiger partial charge in [-0.3, -0.25) is 0 Å². The van der Waals surface area contributed by atoms with Gasteiger partial charge in [0, 0.05) is 17.8 Å². The minimum Gasteiger partial charge on any atom is -0.471 e. The Balaban J connectivity index is 1.94. The zero-order valence-corrected chi connectivity index (χ0v) is 13.3. The van der Waals surface area contributed by atoms with E-state index in [-0.39, 0.29) is 6.10 Å². The lowest BCUT2D eigenvalue weighted by Crippen LogP contribution is -2.17. The number of aromatic nitrogens is 2. The fourth-order valence-corrected chi connectivity index (χ4v) is 3.25. The summed E-state index contributed by atoms with van der Waals surface area (Å²) in [6, 6.07) is 2.15. The molecule has 3 rings (SSSR count). The molecule has 114 valence electrons. The molecule has 2 aromatic heterocycles. The van der Waals surface area contributed by atoms with Crippen molar-refractivity contribution in [3.8, 4) is 5.88 Å². The minimum atomic E-state index is 0.104. The molecular formula is C15H21N3O2S. The van der Waals surface area contributed by atoms with E-state index in [1.54, 1.807) is 11.3 Å². The number of hydrogen-bond donors (Lipinski definition) is 1. The van der Waals surface area contributed by atoms with E-state index in [0.29, 0.717) is 18.4 Å². The van der Waals surface area contributed by atoms with Gasteiger partial charge >= 0.3 is 0 Å². The van der Waals surface area contributed by atoms with Crippen LogP contribution in [0.25, 0.3) is 10.2 Å². The molecule has 0 spiro atoms. The van der Waals surface area contributed by atoms with Crippen molar-refractivity contribution >= 4 is 27.5 Å². The molecule has 5 nitrogen and oxygen atoms in total. The highest BCUT2D eigenvalue weighted by atomic mass is 32.1. The quantitative estimate of drug-likeness (QED) is 0.888. The lowest BCUT2D eigenvalue weighted by atomic mass is 10.3. The molecule has 0 aromatic carbocycles. The number of ether oxygens (including phenoxy) is 2. The molecule has 1 aliphatic heterocycles. The van der Waals surface area contributed by atoms with Crippen LogP contribution in [0.4, 0.5) is 5.95 Å². The molecule has 0 radical (unpaired) electrons. The van der Waals surface area contributed by atoms with Gasteiger partial charge in [0.05, 0.1) is 18.6 Å². The number of thiophene rings is 1. The summed E-state index contributed by atoms with van der Waals surface area (Å²) in [5, 5.41) is 4.27. The SMILES string of the molecule is CCCNc1nc(OC2CCOC2)c2cc(CC)sc2n1. The molecule has 0 aliphatic carbocycles. The molecule has 0 saturated carbocycles. The van der Waals surface area contributed by atoms with Crippen LogP contribution in [0.5, 0.6) is 5.88 Å². The van der Waals surface area contributed by atoms with Crippen molar-refractivity contribution < 1.29 is 9.47 Å².